The monoisotopic (exact) mass is 672 g/mol. The third-order valence-corrected chi connectivity index (χ3v) is 12.6. The van der Waals surface area contributed by atoms with Gasteiger partial charge in [-0.1, -0.05) is 77.6 Å². The van der Waals surface area contributed by atoms with Crippen LogP contribution in [-0.2, 0) is 32.6 Å². The second-order valence-corrected chi connectivity index (χ2v) is 17.0. The number of pyridine rings is 1. The number of carboxylic acids is 1. The van der Waals surface area contributed by atoms with Crippen molar-refractivity contribution in [3.63, 3.8) is 0 Å². The Kier molecular flexibility index (Phi) is 12.3. The maximum atomic E-state index is 13.8. The fraction of sp³-hybridized carbons (Fsp3) is 0.698. The lowest BCUT2D eigenvalue weighted by atomic mass is 9.65. The second-order valence-electron chi connectivity index (χ2n) is 17.0. The molecule has 2 aromatic rings. The van der Waals surface area contributed by atoms with Gasteiger partial charge in [-0.3, -0.25) is 9.59 Å². The van der Waals surface area contributed by atoms with Crippen molar-refractivity contribution < 1.29 is 19.4 Å². The van der Waals surface area contributed by atoms with Crippen molar-refractivity contribution in [1.82, 2.24) is 4.98 Å². The normalized spacial score (nSPS) is 22.7. The van der Waals surface area contributed by atoms with E-state index in [1.165, 1.54) is 56.2 Å². The van der Waals surface area contributed by atoms with E-state index in [1.807, 2.05) is 20.8 Å². The molecule has 2 N–H and O–H groups in total. The third-order valence-electron chi connectivity index (χ3n) is 12.6. The maximum Gasteiger partial charge on any atom is 0.311 e. The number of carboxylic acid groups (broad SMARTS) is 1. The molecule has 1 aliphatic carbocycles. The van der Waals surface area contributed by atoms with E-state index < -0.39 is 17.3 Å². The zero-order valence-corrected chi connectivity index (χ0v) is 31.6. The topological polar surface area (TPSA) is 88.5 Å². The Morgan fingerprint density at radius 3 is 2.51 bits per heavy atom. The number of Topliss-reactive ketones (excluding diaryl/α,β-unsaturated/α-hetero) is 1. The molecule has 49 heavy (non-hydrogen) atoms. The highest BCUT2D eigenvalue weighted by atomic mass is 16.5. The predicted molar refractivity (Wildman–Crippen MR) is 199 cm³/mol. The van der Waals surface area contributed by atoms with Crippen molar-refractivity contribution >= 4 is 17.6 Å². The molecule has 3 heterocycles. The van der Waals surface area contributed by atoms with Crippen LogP contribution in [0.1, 0.15) is 145 Å². The van der Waals surface area contributed by atoms with E-state index in [9.17, 15) is 14.7 Å². The van der Waals surface area contributed by atoms with E-state index in [-0.39, 0.29) is 17.6 Å². The minimum absolute atomic E-state index is 0.00635. The zero-order chi connectivity index (χ0) is 35.3. The average Bonchev–Trinajstić information content (AvgIpc) is 3.37. The molecule has 3 aliphatic rings. The molecule has 1 aromatic carbocycles. The second kappa shape index (κ2) is 16.1. The number of anilines is 1. The Hall–Kier alpha value is -2.73. The molecule has 2 aliphatic heterocycles. The number of fused-ring (bicyclic) bond motifs is 1. The minimum atomic E-state index is -0.755. The zero-order valence-electron chi connectivity index (χ0n) is 31.6. The lowest BCUT2D eigenvalue weighted by Gasteiger charge is -2.39. The van der Waals surface area contributed by atoms with Crippen LogP contribution in [0.2, 0.25) is 0 Å². The number of hydrogen-bond donors (Lipinski definition) is 2. The summed E-state index contributed by atoms with van der Waals surface area (Å²) in [4.78, 5) is 31.7. The summed E-state index contributed by atoms with van der Waals surface area (Å²) in [7, 11) is 0. The molecule has 1 saturated heterocycles. The summed E-state index contributed by atoms with van der Waals surface area (Å²) in [5, 5.41) is 14.1. The van der Waals surface area contributed by atoms with Crippen LogP contribution in [0, 0.1) is 42.9 Å². The van der Waals surface area contributed by atoms with Gasteiger partial charge in [-0.25, -0.2) is 4.98 Å². The first-order chi connectivity index (χ1) is 23.3. The van der Waals surface area contributed by atoms with Gasteiger partial charge in [-0.2, -0.15) is 0 Å². The van der Waals surface area contributed by atoms with Crippen LogP contribution in [0.15, 0.2) is 24.3 Å². The standard InChI is InChI=1S/C43H64N2O4/c1-28(2)39(46)43(19-22-49-23-20-43)37-25-29(3)24-36(31(37)5)38(41(47)48)30(4)15-16-32-26-34(42(6,7)27-32)13-9-8-10-14-35-18-17-33-12-11-21-44-40(33)45-35/h17-18,24-25,28,30,32,34,38H,8-16,19-23,26-27H2,1-7H3,(H,44,45)(H,47,48)/t30?,32-,34-,38+/m1/s1. The van der Waals surface area contributed by atoms with Gasteiger partial charge in [-0.05, 0) is 130 Å². The molecule has 6 nitrogen and oxygen atoms in total. The van der Waals surface area contributed by atoms with Crippen molar-refractivity contribution in [2.24, 2.45) is 29.1 Å². The van der Waals surface area contributed by atoms with Gasteiger partial charge in [0, 0.05) is 31.4 Å². The number of unbranched alkanes of at least 4 members (excludes halogenated alkanes) is 2. The van der Waals surface area contributed by atoms with Crippen LogP contribution in [0.4, 0.5) is 5.82 Å². The molecule has 5 rings (SSSR count). The summed E-state index contributed by atoms with van der Waals surface area (Å²) in [6.07, 6.45) is 14.1. The summed E-state index contributed by atoms with van der Waals surface area (Å²) in [5.74, 6) is 1.29. The number of ether oxygens (including phenoxy) is 1. The number of nitrogens with zero attached hydrogens (tertiary/aromatic N) is 1. The average molecular weight is 673 g/mol. The quantitative estimate of drug-likeness (QED) is 0.183. The summed E-state index contributed by atoms with van der Waals surface area (Å²) >= 11 is 0. The smallest absolute Gasteiger partial charge is 0.311 e. The van der Waals surface area contributed by atoms with Crippen LogP contribution >= 0.6 is 0 Å². The first-order valence-corrected chi connectivity index (χ1v) is 19.5. The van der Waals surface area contributed by atoms with Crippen LogP contribution in [0.3, 0.4) is 0 Å². The number of ketones is 1. The van der Waals surface area contributed by atoms with Crippen molar-refractivity contribution in [3.05, 3.63) is 57.8 Å². The van der Waals surface area contributed by atoms with Crippen LogP contribution in [0.5, 0.6) is 0 Å². The van der Waals surface area contributed by atoms with Gasteiger partial charge in [0.05, 0.1) is 11.3 Å². The summed E-state index contributed by atoms with van der Waals surface area (Å²) < 4.78 is 5.72. The molecule has 0 amide bonds. The van der Waals surface area contributed by atoms with Crippen LogP contribution < -0.4 is 5.32 Å². The van der Waals surface area contributed by atoms with Crippen molar-refractivity contribution in [2.45, 2.75) is 143 Å². The van der Waals surface area contributed by atoms with Gasteiger partial charge in [0.25, 0.3) is 0 Å². The Balaban J connectivity index is 1.18. The van der Waals surface area contributed by atoms with Gasteiger partial charge in [0.2, 0.25) is 0 Å². The number of hydrogen-bond acceptors (Lipinski definition) is 5. The molecule has 0 bridgehead atoms. The largest absolute Gasteiger partial charge is 0.481 e. The molecule has 0 spiro atoms. The van der Waals surface area contributed by atoms with Crippen molar-refractivity contribution in [3.8, 4) is 0 Å². The van der Waals surface area contributed by atoms with E-state index in [2.05, 4.69) is 57.3 Å². The fourth-order valence-electron chi connectivity index (χ4n) is 9.80. The van der Waals surface area contributed by atoms with Crippen molar-refractivity contribution in [1.29, 1.82) is 0 Å². The van der Waals surface area contributed by atoms with E-state index in [0.29, 0.717) is 37.4 Å². The Labute approximate surface area is 296 Å². The molecule has 1 aromatic heterocycles. The van der Waals surface area contributed by atoms with Gasteiger partial charge in [-0.15, -0.1) is 0 Å². The van der Waals surface area contributed by atoms with Gasteiger partial charge in [0.15, 0.2) is 0 Å². The Morgan fingerprint density at radius 1 is 1.04 bits per heavy atom. The first-order valence-electron chi connectivity index (χ1n) is 19.5. The molecule has 0 radical (unpaired) electrons. The van der Waals surface area contributed by atoms with E-state index in [0.717, 1.165) is 66.2 Å². The van der Waals surface area contributed by atoms with Crippen LogP contribution in [-0.4, -0.2) is 41.6 Å². The molecule has 6 heteroatoms. The van der Waals surface area contributed by atoms with Gasteiger partial charge < -0.3 is 15.2 Å². The number of aryl methyl sites for hydroxylation is 3. The maximum absolute atomic E-state index is 13.8. The third kappa shape index (κ3) is 8.60. The molecule has 1 saturated carbocycles. The molecular weight excluding hydrogens is 608 g/mol. The summed E-state index contributed by atoms with van der Waals surface area (Å²) in [6.45, 7) is 17.3. The Bertz CT molecular complexity index is 1460. The van der Waals surface area contributed by atoms with E-state index in [1.54, 1.807) is 0 Å². The predicted octanol–water partition coefficient (Wildman–Crippen LogP) is 9.77. The van der Waals surface area contributed by atoms with Gasteiger partial charge >= 0.3 is 5.97 Å². The number of carbonyl (C=O) groups is 2. The number of aliphatic carboxylic acids is 1. The highest BCUT2D eigenvalue weighted by Crippen LogP contribution is 2.50. The molecule has 4 atom stereocenters. The summed E-state index contributed by atoms with van der Waals surface area (Å²) in [5.41, 5.74) is 6.24. The number of nitrogens with one attached hydrogen (secondary N) is 1. The number of aromatic nitrogens is 1. The fourth-order valence-corrected chi connectivity index (χ4v) is 9.80. The van der Waals surface area contributed by atoms with Crippen LogP contribution in [0.25, 0.3) is 0 Å². The first kappa shape index (κ1) is 37.5. The molecular formula is C43H64N2O4. The number of rotatable bonds is 15. The number of benzene rings is 1. The molecule has 270 valence electrons. The lowest BCUT2D eigenvalue weighted by molar-refractivity contribution is -0.140. The van der Waals surface area contributed by atoms with Gasteiger partial charge in [0.1, 0.15) is 11.6 Å². The molecule has 1 unspecified atom stereocenters. The molecule has 2 fully saturated rings. The lowest BCUT2D eigenvalue weighted by Crippen LogP contribution is -2.44. The SMILES string of the molecule is Cc1cc([C@@H](C(=O)O)C(C)CC[C@@H]2C[C@@H](CCCCCc3ccc4c(n3)NCCC4)C(C)(C)C2)c(C)c(C2(C(=O)C(C)C)CCOCC2)c1. The minimum Gasteiger partial charge on any atom is -0.481 e. The van der Waals surface area contributed by atoms with E-state index >= 15 is 0 Å². The summed E-state index contributed by atoms with van der Waals surface area (Å²) in [6, 6.07) is 8.72. The highest BCUT2D eigenvalue weighted by molar-refractivity contribution is 5.92. The Morgan fingerprint density at radius 2 is 1.80 bits per heavy atom. The highest BCUT2D eigenvalue weighted by Gasteiger charge is 2.45. The number of carbonyl (C=O) groups excluding carboxylic acids is 1. The van der Waals surface area contributed by atoms with E-state index in [4.69, 9.17) is 9.72 Å². The van der Waals surface area contributed by atoms with Crippen molar-refractivity contribution in [2.75, 3.05) is 25.1 Å².